The zero-order valence-electron chi connectivity index (χ0n) is 19.6. The number of rotatable bonds is 3. The largest absolute Gasteiger partial charge is 0.309 e. The van der Waals surface area contributed by atoms with E-state index in [0.29, 0.717) is 9.79 Å². The van der Waals surface area contributed by atoms with Crippen molar-refractivity contribution in [3.8, 4) is 0 Å². The monoisotopic (exact) mass is 475 g/mol. The summed E-state index contributed by atoms with van der Waals surface area (Å²) in [5.74, 6) is 0. The van der Waals surface area contributed by atoms with Crippen LogP contribution in [0.5, 0.6) is 0 Å². The molecular weight excluding hydrogens is 450 g/mol. The summed E-state index contributed by atoms with van der Waals surface area (Å²) in [4.78, 5) is 2.84. The third-order valence-electron chi connectivity index (χ3n) is 7.06. The maximum absolute atomic E-state index is 13.9. The Morgan fingerprint density at radius 1 is 0.571 bits per heavy atom. The molecule has 0 saturated heterocycles. The molecule has 5 aromatic rings. The van der Waals surface area contributed by atoms with Crippen LogP contribution >= 0.6 is 0 Å². The fourth-order valence-corrected chi connectivity index (χ4v) is 6.87. The van der Waals surface area contributed by atoms with Gasteiger partial charge in [0.2, 0.25) is 9.84 Å². The molecule has 0 bridgehead atoms. The van der Waals surface area contributed by atoms with Crippen LogP contribution in [0.4, 0.5) is 17.1 Å². The molecule has 5 aromatic carbocycles. The normalized spacial score (nSPS) is 14.4. The van der Waals surface area contributed by atoms with Crippen molar-refractivity contribution in [2.24, 2.45) is 0 Å². The van der Waals surface area contributed by atoms with Crippen molar-refractivity contribution in [2.45, 2.75) is 29.1 Å². The summed E-state index contributed by atoms with van der Waals surface area (Å²) in [5.41, 5.74) is 5.21. The second-order valence-corrected chi connectivity index (χ2v) is 11.4. The number of hydrogen-bond acceptors (Lipinski definition) is 3. The molecule has 1 aliphatic rings. The third-order valence-corrected chi connectivity index (χ3v) is 8.88. The lowest BCUT2D eigenvalue weighted by atomic mass is 9.73. The smallest absolute Gasteiger partial charge is 0.207 e. The Morgan fingerprint density at radius 3 is 1.71 bits per heavy atom. The second-order valence-electron chi connectivity index (χ2n) is 9.44. The summed E-state index contributed by atoms with van der Waals surface area (Å²) in [6.07, 6.45) is 0. The minimum Gasteiger partial charge on any atom is -0.309 e. The number of benzene rings is 5. The maximum Gasteiger partial charge on any atom is 0.207 e. The van der Waals surface area contributed by atoms with Crippen LogP contribution in [0.2, 0.25) is 0 Å². The molecule has 0 saturated carbocycles. The van der Waals surface area contributed by atoms with E-state index in [1.54, 1.807) is 30.3 Å². The standard InChI is InChI=1S/C31H25NO2S/c1-31(2)24-16-6-8-18-26(24)32(27-19-9-7-17-25(27)31)28-20-10-12-22-13-11-21-29(30(22)28)35(33,34)23-14-4-3-5-15-23/h3-21H,1-2H3. The van der Waals surface area contributed by atoms with Crippen molar-refractivity contribution >= 4 is 37.7 Å². The van der Waals surface area contributed by atoms with Gasteiger partial charge in [-0.3, -0.25) is 0 Å². The Balaban J connectivity index is 1.71. The Labute approximate surface area is 206 Å². The first-order valence-corrected chi connectivity index (χ1v) is 13.2. The van der Waals surface area contributed by atoms with Crippen LogP contribution < -0.4 is 4.90 Å². The average molecular weight is 476 g/mol. The molecule has 1 aliphatic heterocycles. The van der Waals surface area contributed by atoms with Gasteiger partial charge in [-0.15, -0.1) is 0 Å². The van der Waals surface area contributed by atoms with E-state index in [0.717, 1.165) is 27.8 Å². The molecule has 0 aromatic heterocycles. The predicted octanol–water partition coefficient (Wildman–Crippen LogP) is 7.78. The molecule has 3 nitrogen and oxygen atoms in total. The van der Waals surface area contributed by atoms with Crippen molar-refractivity contribution in [1.29, 1.82) is 0 Å². The Morgan fingerprint density at radius 2 is 1.09 bits per heavy atom. The van der Waals surface area contributed by atoms with Crippen LogP contribution in [-0.2, 0) is 15.3 Å². The Kier molecular flexibility index (Phi) is 4.83. The van der Waals surface area contributed by atoms with Gasteiger partial charge >= 0.3 is 0 Å². The SMILES string of the molecule is CC1(C)c2ccccc2N(c2cccc3cccc(S(=O)(=O)c4ccccc4)c23)c2ccccc21. The van der Waals surface area contributed by atoms with Crippen LogP contribution in [0.1, 0.15) is 25.0 Å². The van der Waals surface area contributed by atoms with Crippen LogP contribution in [-0.4, -0.2) is 8.42 Å². The van der Waals surface area contributed by atoms with E-state index in [2.05, 4.69) is 55.1 Å². The van der Waals surface area contributed by atoms with Crippen molar-refractivity contribution in [1.82, 2.24) is 0 Å². The number of nitrogens with zero attached hydrogens (tertiary/aromatic N) is 1. The lowest BCUT2D eigenvalue weighted by molar-refractivity contribution is 0.597. The van der Waals surface area contributed by atoms with E-state index < -0.39 is 9.84 Å². The lowest BCUT2D eigenvalue weighted by Gasteiger charge is -2.42. The first kappa shape index (κ1) is 21.6. The van der Waals surface area contributed by atoms with E-state index in [-0.39, 0.29) is 5.41 Å². The molecule has 0 aliphatic carbocycles. The van der Waals surface area contributed by atoms with Crippen LogP contribution in [0.25, 0.3) is 10.8 Å². The van der Waals surface area contributed by atoms with Gasteiger partial charge in [0.25, 0.3) is 0 Å². The van der Waals surface area contributed by atoms with Crippen LogP contribution in [0.15, 0.2) is 125 Å². The molecule has 0 amide bonds. The highest BCUT2D eigenvalue weighted by atomic mass is 32.2. The maximum atomic E-state index is 13.9. The summed E-state index contributed by atoms with van der Waals surface area (Å²) >= 11 is 0. The molecule has 0 atom stereocenters. The molecular formula is C31H25NO2S. The average Bonchev–Trinajstić information content (AvgIpc) is 2.89. The molecule has 6 rings (SSSR count). The zero-order valence-corrected chi connectivity index (χ0v) is 20.5. The third kappa shape index (κ3) is 3.21. The van der Waals surface area contributed by atoms with Gasteiger partial charge in [-0.2, -0.15) is 0 Å². The molecule has 0 fully saturated rings. The molecule has 0 spiro atoms. The van der Waals surface area contributed by atoms with Gasteiger partial charge in [0, 0.05) is 10.8 Å². The molecule has 35 heavy (non-hydrogen) atoms. The fraction of sp³-hybridized carbons (Fsp3) is 0.0968. The topological polar surface area (TPSA) is 37.4 Å². The highest BCUT2D eigenvalue weighted by Crippen LogP contribution is 2.53. The van der Waals surface area contributed by atoms with E-state index >= 15 is 0 Å². The predicted molar refractivity (Wildman–Crippen MR) is 143 cm³/mol. The Hall–Kier alpha value is -3.89. The number of hydrogen-bond donors (Lipinski definition) is 0. The van der Waals surface area contributed by atoms with Gasteiger partial charge in [0.05, 0.1) is 26.9 Å². The highest BCUT2D eigenvalue weighted by molar-refractivity contribution is 7.91. The quantitative estimate of drug-likeness (QED) is 0.267. The Bertz CT molecular complexity index is 1630. The van der Waals surface area contributed by atoms with Crippen LogP contribution in [0.3, 0.4) is 0 Å². The summed E-state index contributed by atoms with van der Waals surface area (Å²) in [5, 5.41) is 1.61. The van der Waals surface area contributed by atoms with Gasteiger partial charge in [0.15, 0.2) is 0 Å². The van der Waals surface area contributed by atoms with E-state index in [9.17, 15) is 8.42 Å². The fourth-order valence-electron chi connectivity index (χ4n) is 5.35. The first-order valence-electron chi connectivity index (χ1n) is 11.7. The summed E-state index contributed by atoms with van der Waals surface area (Å²) in [7, 11) is -3.73. The summed E-state index contributed by atoms with van der Waals surface area (Å²) in [6, 6.07) is 37.0. The van der Waals surface area contributed by atoms with Crippen molar-refractivity contribution in [3.63, 3.8) is 0 Å². The number of sulfone groups is 1. The van der Waals surface area contributed by atoms with Gasteiger partial charge in [-0.25, -0.2) is 8.42 Å². The van der Waals surface area contributed by atoms with Crippen LogP contribution in [0, 0.1) is 0 Å². The molecule has 0 radical (unpaired) electrons. The highest BCUT2D eigenvalue weighted by Gasteiger charge is 2.37. The first-order chi connectivity index (χ1) is 16.9. The number of para-hydroxylation sites is 2. The lowest BCUT2D eigenvalue weighted by Crippen LogP contribution is -2.30. The summed E-state index contributed by atoms with van der Waals surface area (Å²) < 4.78 is 27.7. The van der Waals surface area contributed by atoms with Crippen molar-refractivity contribution in [2.75, 3.05) is 4.90 Å². The van der Waals surface area contributed by atoms with E-state index in [1.165, 1.54) is 11.1 Å². The molecule has 1 heterocycles. The van der Waals surface area contributed by atoms with Crippen molar-refractivity contribution in [3.05, 3.63) is 126 Å². The second kappa shape index (κ2) is 7.82. The minimum absolute atomic E-state index is 0.187. The van der Waals surface area contributed by atoms with Gasteiger partial charge in [-0.1, -0.05) is 92.7 Å². The van der Waals surface area contributed by atoms with E-state index in [4.69, 9.17) is 0 Å². The molecule has 4 heteroatoms. The molecule has 0 unspecified atom stereocenters. The van der Waals surface area contributed by atoms with Gasteiger partial charge in [-0.05, 0) is 52.9 Å². The number of fused-ring (bicyclic) bond motifs is 3. The molecule has 172 valence electrons. The summed E-state index contributed by atoms with van der Waals surface area (Å²) in [6.45, 7) is 4.49. The zero-order chi connectivity index (χ0) is 24.2. The van der Waals surface area contributed by atoms with Crippen molar-refractivity contribution < 1.29 is 8.42 Å². The minimum atomic E-state index is -3.73. The van der Waals surface area contributed by atoms with Gasteiger partial charge < -0.3 is 4.90 Å². The number of anilines is 3. The van der Waals surface area contributed by atoms with E-state index in [1.807, 2.05) is 48.5 Å². The molecule has 0 N–H and O–H groups in total. The van der Waals surface area contributed by atoms with Gasteiger partial charge in [0.1, 0.15) is 0 Å².